The number of methoxy groups -OCH3 is 1. The summed E-state index contributed by atoms with van der Waals surface area (Å²) >= 11 is 0. The van der Waals surface area contributed by atoms with Crippen LogP contribution in [0.5, 0.6) is 5.75 Å². The summed E-state index contributed by atoms with van der Waals surface area (Å²) in [7, 11) is 1.64. The number of pyridine rings is 1. The van der Waals surface area contributed by atoms with Gasteiger partial charge in [0.15, 0.2) is 5.78 Å². The molecule has 3 aliphatic rings. The SMILES string of the molecule is C=C[C@H]1CN2CCC1CC2C(=O)c1ccnc2ccc(OC)cc12. The topological polar surface area (TPSA) is 42.4 Å². The van der Waals surface area contributed by atoms with Crippen LogP contribution in [-0.2, 0) is 0 Å². The number of piperidine rings is 3. The lowest BCUT2D eigenvalue weighted by atomic mass is 9.74. The summed E-state index contributed by atoms with van der Waals surface area (Å²) in [5.41, 5.74) is 1.59. The largest absolute Gasteiger partial charge is 0.497 e. The molecule has 0 aliphatic carbocycles. The summed E-state index contributed by atoms with van der Waals surface area (Å²) in [6, 6.07) is 7.53. The van der Waals surface area contributed by atoms with Gasteiger partial charge in [-0.25, -0.2) is 0 Å². The number of aromatic nitrogens is 1. The summed E-state index contributed by atoms with van der Waals surface area (Å²) in [6.07, 6.45) is 5.89. The van der Waals surface area contributed by atoms with Crippen molar-refractivity contribution in [3.8, 4) is 5.75 Å². The first-order chi connectivity index (χ1) is 11.7. The van der Waals surface area contributed by atoms with E-state index in [1.54, 1.807) is 13.3 Å². The fraction of sp³-hybridized carbons (Fsp3) is 0.400. The number of ketones is 1. The molecule has 3 aliphatic heterocycles. The van der Waals surface area contributed by atoms with Crippen molar-refractivity contribution in [1.29, 1.82) is 0 Å². The Morgan fingerprint density at radius 1 is 1.42 bits per heavy atom. The Hall–Kier alpha value is -2.20. The molecule has 3 fully saturated rings. The molecule has 4 nitrogen and oxygen atoms in total. The Labute approximate surface area is 142 Å². The van der Waals surface area contributed by atoms with Crippen molar-refractivity contribution in [3.05, 3.63) is 48.7 Å². The molecule has 1 aromatic carbocycles. The molecule has 1 aromatic heterocycles. The van der Waals surface area contributed by atoms with E-state index in [0.29, 0.717) is 11.8 Å². The van der Waals surface area contributed by atoms with Gasteiger partial charge >= 0.3 is 0 Å². The number of hydrogen-bond donors (Lipinski definition) is 0. The van der Waals surface area contributed by atoms with Crippen LogP contribution >= 0.6 is 0 Å². The number of fused-ring (bicyclic) bond motifs is 4. The normalized spacial score (nSPS) is 28.7. The molecule has 4 atom stereocenters. The van der Waals surface area contributed by atoms with Crippen molar-refractivity contribution < 1.29 is 9.53 Å². The third kappa shape index (κ3) is 2.42. The fourth-order valence-electron chi connectivity index (χ4n) is 4.25. The molecule has 0 N–H and O–H groups in total. The Bertz CT molecular complexity index is 801. The van der Waals surface area contributed by atoms with Gasteiger partial charge in [0, 0.05) is 23.7 Å². The van der Waals surface area contributed by atoms with Crippen LogP contribution in [0.15, 0.2) is 43.1 Å². The maximum Gasteiger partial charge on any atom is 0.180 e. The summed E-state index contributed by atoms with van der Waals surface area (Å²) in [5, 5.41) is 0.879. The molecule has 0 saturated carbocycles. The van der Waals surface area contributed by atoms with Crippen LogP contribution in [0.4, 0.5) is 0 Å². The van der Waals surface area contributed by atoms with E-state index in [2.05, 4.69) is 22.5 Å². The minimum atomic E-state index is -0.0169. The zero-order valence-corrected chi connectivity index (χ0v) is 13.9. The van der Waals surface area contributed by atoms with Crippen LogP contribution < -0.4 is 4.74 Å². The molecule has 3 unspecified atom stereocenters. The zero-order chi connectivity index (χ0) is 16.7. The van der Waals surface area contributed by atoms with E-state index < -0.39 is 0 Å². The number of ether oxygens (including phenoxy) is 1. The summed E-state index contributed by atoms with van der Waals surface area (Å²) in [6.45, 7) is 5.92. The molecule has 5 rings (SSSR count). The van der Waals surface area contributed by atoms with Crippen LogP contribution in [0.2, 0.25) is 0 Å². The number of hydrogen-bond acceptors (Lipinski definition) is 4. The first-order valence-corrected chi connectivity index (χ1v) is 8.55. The molecule has 24 heavy (non-hydrogen) atoms. The highest BCUT2D eigenvalue weighted by atomic mass is 16.5. The lowest BCUT2D eigenvalue weighted by Crippen LogP contribution is -2.55. The number of rotatable bonds is 4. The Kier molecular flexibility index (Phi) is 3.85. The van der Waals surface area contributed by atoms with Gasteiger partial charge in [-0.2, -0.15) is 0 Å². The summed E-state index contributed by atoms with van der Waals surface area (Å²) in [4.78, 5) is 20.0. The maximum atomic E-state index is 13.3. The Morgan fingerprint density at radius 2 is 2.29 bits per heavy atom. The minimum absolute atomic E-state index is 0.0169. The second kappa shape index (κ2) is 6.02. The highest BCUT2D eigenvalue weighted by Gasteiger charge is 2.42. The van der Waals surface area contributed by atoms with Crippen molar-refractivity contribution in [1.82, 2.24) is 9.88 Å². The fourth-order valence-corrected chi connectivity index (χ4v) is 4.25. The number of carbonyl (C=O) groups is 1. The highest BCUT2D eigenvalue weighted by molar-refractivity contribution is 6.10. The van der Waals surface area contributed by atoms with Gasteiger partial charge in [-0.15, -0.1) is 6.58 Å². The standard InChI is InChI=1S/C20H22N2O2/c1-3-13-12-22-9-7-14(13)10-19(22)20(23)16-6-8-21-18-5-4-15(24-2)11-17(16)18/h3-6,8,11,13-14,19H,1,7,9-10,12H2,2H3/t13-,14?,19?/m0/s1. The first-order valence-electron chi connectivity index (χ1n) is 8.55. The van der Waals surface area contributed by atoms with Gasteiger partial charge in [-0.1, -0.05) is 6.08 Å². The number of nitrogens with zero attached hydrogens (tertiary/aromatic N) is 2. The van der Waals surface area contributed by atoms with Gasteiger partial charge in [0.2, 0.25) is 0 Å². The average molecular weight is 322 g/mol. The lowest BCUT2D eigenvalue weighted by Gasteiger charge is -2.48. The van der Waals surface area contributed by atoms with Gasteiger partial charge < -0.3 is 4.74 Å². The van der Waals surface area contributed by atoms with E-state index >= 15 is 0 Å². The van der Waals surface area contributed by atoms with Gasteiger partial charge in [0.25, 0.3) is 0 Å². The molecule has 0 amide bonds. The average Bonchev–Trinajstić information content (AvgIpc) is 2.66. The third-order valence-corrected chi connectivity index (χ3v) is 5.62. The minimum Gasteiger partial charge on any atom is -0.497 e. The molecule has 0 radical (unpaired) electrons. The lowest BCUT2D eigenvalue weighted by molar-refractivity contribution is 0.0205. The Balaban J connectivity index is 1.70. The molecular formula is C20H22N2O2. The van der Waals surface area contributed by atoms with E-state index in [4.69, 9.17) is 4.74 Å². The molecule has 2 aromatic rings. The number of Topliss-reactive ketones (excluding diaryl/α,β-unsaturated/α-hetero) is 1. The molecule has 124 valence electrons. The van der Waals surface area contributed by atoms with E-state index in [9.17, 15) is 4.79 Å². The molecule has 4 heteroatoms. The predicted molar refractivity (Wildman–Crippen MR) is 94.4 cm³/mol. The van der Waals surface area contributed by atoms with Crippen LogP contribution in [0.3, 0.4) is 0 Å². The van der Waals surface area contributed by atoms with E-state index in [1.807, 2.05) is 24.3 Å². The van der Waals surface area contributed by atoms with Crippen LogP contribution in [0.1, 0.15) is 23.2 Å². The quantitative estimate of drug-likeness (QED) is 0.640. The van der Waals surface area contributed by atoms with Crippen molar-refractivity contribution >= 4 is 16.7 Å². The first kappa shape index (κ1) is 15.3. The maximum absolute atomic E-state index is 13.3. The van der Waals surface area contributed by atoms with Gasteiger partial charge in [-0.05, 0) is 55.5 Å². The van der Waals surface area contributed by atoms with Crippen molar-refractivity contribution in [2.75, 3.05) is 20.2 Å². The molecule has 4 heterocycles. The zero-order valence-electron chi connectivity index (χ0n) is 13.9. The molecule has 2 bridgehead atoms. The third-order valence-electron chi connectivity index (χ3n) is 5.62. The smallest absolute Gasteiger partial charge is 0.180 e. The van der Waals surface area contributed by atoms with Crippen molar-refractivity contribution in [2.24, 2.45) is 11.8 Å². The predicted octanol–water partition coefficient (Wildman–Crippen LogP) is 3.32. The van der Waals surface area contributed by atoms with Crippen LogP contribution in [0.25, 0.3) is 10.9 Å². The second-order valence-corrected chi connectivity index (χ2v) is 6.80. The van der Waals surface area contributed by atoms with Crippen LogP contribution in [-0.4, -0.2) is 41.9 Å². The van der Waals surface area contributed by atoms with E-state index in [1.165, 1.54) is 6.42 Å². The Morgan fingerprint density at radius 3 is 3.00 bits per heavy atom. The summed E-state index contributed by atoms with van der Waals surface area (Å²) < 4.78 is 5.32. The summed E-state index contributed by atoms with van der Waals surface area (Å²) in [5.74, 6) is 2.07. The van der Waals surface area contributed by atoms with E-state index in [0.717, 1.165) is 41.7 Å². The molecular weight excluding hydrogens is 300 g/mol. The van der Waals surface area contributed by atoms with Crippen molar-refractivity contribution in [2.45, 2.75) is 18.9 Å². The van der Waals surface area contributed by atoms with Gasteiger partial charge in [-0.3, -0.25) is 14.7 Å². The van der Waals surface area contributed by atoms with Crippen LogP contribution in [0, 0.1) is 11.8 Å². The van der Waals surface area contributed by atoms with Gasteiger partial charge in [0.1, 0.15) is 5.75 Å². The highest BCUT2D eigenvalue weighted by Crippen LogP contribution is 2.38. The number of benzene rings is 1. The monoisotopic (exact) mass is 322 g/mol. The molecule has 3 saturated heterocycles. The number of carbonyl (C=O) groups excluding carboxylic acids is 1. The van der Waals surface area contributed by atoms with Gasteiger partial charge in [0.05, 0.1) is 18.7 Å². The van der Waals surface area contributed by atoms with Crippen molar-refractivity contribution in [3.63, 3.8) is 0 Å². The molecule has 0 spiro atoms. The second-order valence-electron chi connectivity index (χ2n) is 6.80. The van der Waals surface area contributed by atoms with E-state index in [-0.39, 0.29) is 11.8 Å².